The van der Waals surface area contributed by atoms with Gasteiger partial charge in [-0.3, -0.25) is 4.79 Å². The summed E-state index contributed by atoms with van der Waals surface area (Å²) in [6.07, 6.45) is 0. The molecule has 2 aromatic carbocycles. The number of amides is 1. The molecule has 1 heterocycles. The summed E-state index contributed by atoms with van der Waals surface area (Å²) in [4.78, 5) is 12.5. The van der Waals surface area contributed by atoms with Gasteiger partial charge in [-0.2, -0.15) is 0 Å². The third-order valence-corrected chi connectivity index (χ3v) is 4.62. The van der Waals surface area contributed by atoms with Crippen molar-refractivity contribution in [3.8, 4) is 0 Å². The van der Waals surface area contributed by atoms with Crippen molar-refractivity contribution in [1.29, 1.82) is 0 Å². The van der Waals surface area contributed by atoms with Crippen LogP contribution in [-0.4, -0.2) is 11.7 Å². The largest absolute Gasteiger partial charge is 0.381 e. The van der Waals surface area contributed by atoms with Crippen molar-refractivity contribution in [1.82, 2.24) is 0 Å². The average Bonchev–Trinajstić information content (AvgIpc) is 2.46. The molecule has 0 atom stereocenters. The quantitative estimate of drug-likeness (QED) is 0.876. The van der Waals surface area contributed by atoms with Crippen molar-refractivity contribution in [3.63, 3.8) is 0 Å². The Hall–Kier alpha value is -1.46. The van der Waals surface area contributed by atoms with Crippen LogP contribution in [0, 0.1) is 0 Å². The van der Waals surface area contributed by atoms with Crippen molar-refractivity contribution in [2.45, 2.75) is 11.4 Å². The van der Waals surface area contributed by atoms with E-state index in [-0.39, 0.29) is 5.91 Å². The van der Waals surface area contributed by atoms with Crippen LogP contribution in [0.3, 0.4) is 0 Å². The highest BCUT2D eigenvalue weighted by Crippen LogP contribution is 2.33. The van der Waals surface area contributed by atoms with E-state index in [1.54, 1.807) is 11.8 Å². The first-order valence-corrected chi connectivity index (χ1v) is 8.03. The second-order valence-electron chi connectivity index (χ2n) is 4.53. The number of thioether (sulfide) groups is 1. The van der Waals surface area contributed by atoms with Crippen molar-refractivity contribution in [2.24, 2.45) is 0 Å². The highest BCUT2D eigenvalue weighted by atomic mass is 79.9. The summed E-state index contributed by atoms with van der Waals surface area (Å²) in [5.41, 5.74) is 3.12. The topological polar surface area (TPSA) is 41.1 Å². The molecule has 1 aliphatic heterocycles. The molecule has 0 fully saturated rings. The van der Waals surface area contributed by atoms with Crippen LogP contribution in [0.25, 0.3) is 0 Å². The Morgan fingerprint density at radius 1 is 1.20 bits per heavy atom. The summed E-state index contributed by atoms with van der Waals surface area (Å²) in [6.45, 7) is 0.757. The van der Waals surface area contributed by atoms with E-state index < -0.39 is 0 Å². The molecule has 1 aliphatic rings. The van der Waals surface area contributed by atoms with E-state index in [1.807, 2.05) is 30.3 Å². The molecule has 0 aromatic heterocycles. The molecule has 0 spiro atoms. The van der Waals surface area contributed by atoms with Crippen LogP contribution in [0.1, 0.15) is 5.56 Å². The molecule has 2 aromatic rings. The van der Waals surface area contributed by atoms with E-state index in [9.17, 15) is 4.79 Å². The Labute approximate surface area is 130 Å². The highest BCUT2D eigenvalue weighted by molar-refractivity contribution is 9.10. The normalized spacial score (nSPS) is 13.6. The summed E-state index contributed by atoms with van der Waals surface area (Å²) in [5, 5.41) is 6.27. The van der Waals surface area contributed by atoms with Gasteiger partial charge in [-0.15, -0.1) is 11.8 Å². The smallest absolute Gasteiger partial charge is 0.234 e. The third-order valence-electron chi connectivity index (χ3n) is 3.02. The predicted molar refractivity (Wildman–Crippen MR) is 87.3 cm³/mol. The molecular weight excluding hydrogens is 336 g/mol. The second kappa shape index (κ2) is 5.89. The number of benzene rings is 2. The molecule has 102 valence electrons. The van der Waals surface area contributed by atoms with Crippen LogP contribution < -0.4 is 10.6 Å². The molecule has 3 rings (SSSR count). The van der Waals surface area contributed by atoms with Crippen LogP contribution in [0.15, 0.2) is 51.8 Å². The van der Waals surface area contributed by atoms with E-state index in [0.29, 0.717) is 5.75 Å². The fraction of sp³-hybridized carbons (Fsp3) is 0.133. The maximum absolute atomic E-state index is 11.4. The molecule has 2 N–H and O–H groups in total. The van der Waals surface area contributed by atoms with Gasteiger partial charge in [-0.1, -0.05) is 28.1 Å². The fourth-order valence-electron chi connectivity index (χ4n) is 2.00. The molecule has 0 bridgehead atoms. The van der Waals surface area contributed by atoms with Crippen molar-refractivity contribution >= 4 is 45.0 Å². The lowest BCUT2D eigenvalue weighted by Crippen LogP contribution is -2.18. The standard InChI is InChI=1S/C15H13BrN2OS/c16-11-3-1-10(2-4-11)8-17-12-5-6-14-13(7-12)18-15(19)9-20-14/h1-7,17H,8-9H2,(H,18,19). The van der Waals surface area contributed by atoms with Gasteiger partial charge in [0, 0.05) is 21.6 Å². The van der Waals surface area contributed by atoms with Crippen molar-refractivity contribution in [3.05, 3.63) is 52.5 Å². The Morgan fingerprint density at radius 3 is 2.80 bits per heavy atom. The first-order valence-electron chi connectivity index (χ1n) is 6.26. The molecule has 0 aliphatic carbocycles. The van der Waals surface area contributed by atoms with Crippen molar-refractivity contribution in [2.75, 3.05) is 16.4 Å². The average molecular weight is 349 g/mol. The third kappa shape index (κ3) is 3.16. The van der Waals surface area contributed by atoms with Crippen LogP contribution in [0.2, 0.25) is 0 Å². The van der Waals surface area contributed by atoms with E-state index >= 15 is 0 Å². The van der Waals surface area contributed by atoms with E-state index in [0.717, 1.165) is 27.3 Å². The molecule has 0 radical (unpaired) electrons. The van der Waals surface area contributed by atoms with Gasteiger partial charge in [0.15, 0.2) is 0 Å². The van der Waals surface area contributed by atoms with E-state index in [1.165, 1.54) is 5.56 Å². The number of carbonyl (C=O) groups is 1. The van der Waals surface area contributed by atoms with Gasteiger partial charge >= 0.3 is 0 Å². The van der Waals surface area contributed by atoms with Gasteiger partial charge in [-0.05, 0) is 35.9 Å². The zero-order valence-corrected chi connectivity index (χ0v) is 13.1. The molecule has 1 amide bonds. The second-order valence-corrected chi connectivity index (χ2v) is 6.46. The zero-order chi connectivity index (χ0) is 13.9. The zero-order valence-electron chi connectivity index (χ0n) is 10.7. The lowest BCUT2D eigenvalue weighted by molar-refractivity contribution is -0.113. The first-order chi connectivity index (χ1) is 9.70. The number of hydrogen-bond acceptors (Lipinski definition) is 3. The minimum absolute atomic E-state index is 0.0626. The molecular formula is C15H13BrN2OS. The maximum atomic E-state index is 11.4. The monoisotopic (exact) mass is 348 g/mol. The van der Waals surface area contributed by atoms with Crippen molar-refractivity contribution < 1.29 is 4.79 Å². The van der Waals surface area contributed by atoms with Crippen LogP contribution >= 0.6 is 27.7 Å². The number of fused-ring (bicyclic) bond motifs is 1. The van der Waals surface area contributed by atoms with Gasteiger partial charge < -0.3 is 10.6 Å². The summed E-state index contributed by atoms with van der Waals surface area (Å²) < 4.78 is 1.08. The van der Waals surface area contributed by atoms with Gasteiger partial charge in [-0.25, -0.2) is 0 Å². The van der Waals surface area contributed by atoms with Crippen LogP contribution in [-0.2, 0) is 11.3 Å². The SMILES string of the molecule is O=C1CSc2ccc(NCc3ccc(Br)cc3)cc2N1. The summed E-state index contributed by atoms with van der Waals surface area (Å²) in [5.74, 6) is 0.561. The molecule has 0 saturated heterocycles. The predicted octanol–water partition coefficient (Wildman–Crippen LogP) is 4.11. The van der Waals surface area contributed by atoms with Gasteiger partial charge in [0.05, 0.1) is 11.4 Å². The maximum Gasteiger partial charge on any atom is 0.234 e. The van der Waals surface area contributed by atoms with Gasteiger partial charge in [0.2, 0.25) is 5.91 Å². The Balaban J connectivity index is 1.70. The van der Waals surface area contributed by atoms with E-state index in [4.69, 9.17) is 0 Å². The number of hydrogen-bond donors (Lipinski definition) is 2. The Bertz CT molecular complexity index is 643. The lowest BCUT2D eigenvalue weighted by Gasteiger charge is -2.17. The number of rotatable bonds is 3. The molecule has 20 heavy (non-hydrogen) atoms. The Morgan fingerprint density at radius 2 is 2.00 bits per heavy atom. The first kappa shape index (κ1) is 13.5. The molecule has 3 nitrogen and oxygen atoms in total. The number of carbonyl (C=O) groups excluding carboxylic acids is 1. The van der Waals surface area contributed by atoms with Crippen LogP contribution in [0.4, 0.5) is 11.4 Å². The lowest BCUT2D eigenvalue weighted by atomic mass is 10.2. The minimum atomic E-state index is 0.0626. The number of nitrogens with one attached hydrogen (secondary N) is 2. The summed E-state index contributed by atoms with van der Waals surface area (Å²) in [6, 6.07) is 14.3. The van der Waals surface area contributed by atoms with Gasteiger partial charge in [0.1, 0.15) is 0 Å². The fourth-order valence-corrected chi connectivity index (χ4v) is 3.05. The Kier molecular flexibility index (Phi) is 3.98. The summed E-state index contributed by atoms with van der Waals surface area (Å²) in [7, 11) is 0. The highest BCUT2D eigenvalue weighted by Gasteiger charge is 2.15. The number of anilines is 2. The van der Waals surface area contributed by atoms with E-state index in [2.05, 4.69) is 38.7 Å². The minimum Gasteiger partial charge on any atom is -0.381 e. The van der Waals surface area contributed by atoms with Crippen LogP contribution in [0.5, 0.6) is 0 Å². The molecule has 5 heteroatoms. The van der Waals surface area contributed by atoms with Gasteiger partial charge in [0.25, 0.3) is 0 Å². The number of halogens is 1. The summed E-state index contributed by atoms with van der Waals surface area (Å²) >= 11 is 5.00. The molecule has 0 saturated carbocycles. The molecule has 0 unspecified atom stereocenters.